The lowest BCUT2D eigenvalue weighted by Gasteiger charge is -2.21. The fourth-order valence-electron chi connectivity index (χ4n) is 3.25. The number of aromatic nitrogens is 1. The normalized spacial score (nSPS) is 19.6. The summed E-state index contributed by atoms with van der Waals surface area (Å²) in [5, 5.41) is 7.02. The van der Waals surface area contributed by atoms with Crippen LogP contribution in [-0.2, 0) is 4.79 Å². The number of anilines is 1. The van der Waals surface area contributed by atoms with E-state index in [1.807, 2.05) is 19.1 Å². The van der Waals surface area contributed by atoms with Crippen molar-refractivity contribution >= 4 is 11.6 Å². The summed E-state index contributed by atoms with van der Waals surface area (Å²) in [5.74, 6) is 2.10. The smallest absolute Gasteiger partial charge is 0.238 e. The van der Waals surface area contributed by atoms with Gasteiger partial charge in [0.25, 0.3) is 0 Å². The second-order valence-electron chi connectivity index (χ2n) is 6.11. The van der Waals surface area contributed by atoms with E-state index in [1.165, 1.54) is 0 Å². The standard InChI is InChI=1S/C17H19N3O4/c1-11-7-13(19-24-11)14-3-2-6-20(14)9-17(21)18-12-4-5-15-16(8-12)23-10-22-15/h4-5,7-8,14H,2-3,6,9-10H2,1H3,(H,18,21)/t14-/m1/s1. The number of likely N-dealkylation sites (tertiary alicyclic amines) is 1. The van der Waals surface area contributed by atoms with Crippen molar-refractivity contribution < 1.29 is 18.8 Å². The van der Waals surface area contributed by atoms with Gasteiger partial charge < -0.3 is 19.3 Å². The Morgan fingerprint density at radius 2 is 2.21 bits per heavy atom. The average Bonchev–Trinajstić information content (AvgIpc) is 3.27. The molecular weight excluding hydrogens is 310 g/mol. The number of fused-ring (bicyclic) bond motifs is 1. The van der Waals surface area contributed by atoms with Gasteiger partial charge in [-0.3, -0.25) is 9.69 Å². The van der Waals surface area contributed by atoms with Crippen LogP contribution in [0.5, 0.6) is 11.5 Å². The second-order valence-corrected chi connectivity index (χ2v) is 6.11. The van der Waals surface area contributed by atoms with Crippen LogP contribution < -0.4 is 14.8 Å². The molecule has 7 heteroatoms. The zero-order chi connectivity index (χ0) is 16.5. The summed E-state index contributed by atoms with van der Waals surface area (Å²) in [4.78, 5) is 14.5. The van der Waals surface area contributed by atoms with Crippen LogP contribution in [0.2, 0.25) is 0 Å². The molecule has 24 heavy (non-hydrogen) atoms. The summed E-state index contributed by atoms with van der Waals surface area (Å²) in [7, 11) is 0. The molecule has 0 unspecified atom stereocenters. The minimum atomic E-state index is -0.0546. The molecule has 1 aromatic carbocycles. The van der Waals surface area contributed by atoms with Gasteiger partial charge in [0.1, 0.15) is 11.5 Å². The van der Waals surface area contributed by atoms with Crippen molar-refractivity contribution in [2.75, 3.05) is 25.2 Å². The first-order chi connectivity index (χ1) is 11.7. The van der Waals surface area contributed by atoms with Gasteiger partial charge >= 0.3 is 0 Å². The van der Waals surface area contributed by atoms with Gasteiger partial charge in [-0.1, -0.05) is 5.16 Å². The lowest BCUT2D eigenvalue weighted by molar-refractivity contribution is -0.117. The Hall–Kier alpha value is -2.54. The van der Waals surface area contributed by atoms with Crippen LogP contribution in [-0.4, -0.2) is 35.8 Å². The molecule has 0 aliphatic carbocycles. The first-order valence-corrected chi connectivity index (χ1v) is 8.06. The maximum Gasteiger partial charge on any atom is 0.238 e. The molecule has 1 fully saturated rings. The van der Waals surface area contributed by atoms with E-state index >= 15 is 0 Å². The monoisotopic (exact) mass is 329 g/mol. The van der Waals surface area contributed by atoms with Crippen LogP contribution in [0.1, 0.15) is 30.3 Å². The lowest BCUT2D eigenvalue weighted by Crippen LogP contribution is -2.33. The first-order valence-electron chi connectivity index (χ1n) is 8.06. The third-order valence-corrected chi connectivity index (χ3v) is 4.35. The molecule has 2 aliphatic rings. The van der Waals surface area contributed by atoms with Crippen LogP contribution in [0.3, 0.4) is 0 Å². The van der Waals surface area contributed by atoms with Gasteiger partial charge in [-0.05, 0) is 38.4 Å². The molecule has 1 amide bonds. The fraction of sp³-hybridized carbons (Fsp3) is 0.412. The summed E-state index contributed by atoms with van der Waals surface area (Å²) in [6.45, 7) is 3.30. The number of amides is 1. The van der Waals surface area contributed by atoms with Gasteiger partial charge in [-0.15, -0.1) is 0 Å². The third kappa shape index (κ3) is 2.94. The Balaban J connectivity index is 1.40. The van der Waals surface area contributed by atoms with E-state index in [1.54, 1.807) is 12.1 Å². The highest BCUT2D eigenvalue weighted by Crippen LogP contribution is 2.34. The highest BCUT2D eigenvalue weighted by molar-refractivity contribution is 5.92. The molecule has 7 nitrogen and oxygen atoms in total. The predicted octanol–water partition coefficient (Wildman–Crippen LogP) is 2.49. The van der Waals surface area contributed by atoms with E-state index in [0.29, 0.717) is 23.7 Å². The SMILES string of the molecule is Cc1cc([C@H]2CCCN2CC(=O)Nc2ccc3c(c2)OCO3)no1. The molecule has 126 valence electrons. The molecular formula is C17H19N3O4. The van der Waals surface area contributed by atoms with Crippen LogP contribution in [0.25, 0.3) is 0 Å². The van der Waals surface area contributed by atoms with Crippen LogP contribution in [0.15, 0.2) is 28.8 Å². The predicted molar refractivity (Wildman–Crippen MR) is 86.0 cm³/mol. The highest BCUT2D eigenvalue weighted by Gasteiger charge is 2.29. The maximum atomic E-state index is 12.4. The van der Waals surface area contributed by atoms with Gasteiger partial charge in [0, 0.05) is 17.8 Å². The molecule has 1 atom stereocenters. The largest absolute Gasteiger partial charge is 0.454 e. The molecule has 2 aliphatic heterocycles. The zero-order valence-corrected chi connectivity index (χ0v) is 13.4. The van der Waals surface area contributed by atoms with Gasteiger partial charge in [0.05, 0.1) is 12.6 Å². The van der Waals surface area contributed by atoms with E-state index in [9.17, 15) is 4.79 Å². The number of carbonyl (C=O) groups is 1. The molecule has 1 saturated heterocycles. The summed E-state index contributed by atoms with van der Waals surface area (Å²) >= 11 is 0. The Morgan fingerprint density at radius 1 is 1.33 bits per heavy atom. The third-order valence-electron chi connectivity index (χ3n) is 4.35. The van der Waals surface area contributed by atoms with Crippen molar-refractivity contribution in [1.82, 2.24) is 10.1 Å². The number of hydrogen-bond acceptors (Lipinski definition) is 6. The van der Waals surface area contributed by atoms with Crippen LogP contribution >= 0.6 is 0 Å². The van der Waals surface area contributed by atoms with Crippen molar-refractivity contribution in [1.29, 1.82) is 0 Å². The summed E-state index contributed by atoms with van der Waals surface area (Å²) < 4.78 is 15.8. The minimum absolute atomic E-state index is 0.0546. The van der Waals surface area contributed by atoms with Gasteiger partial charge in [0.2, 0.25) is 12.7 Å². The van der Waals surface area contributed by atoms with E-state index in [0.717, 1.165) is 30.8 Å². The number of hydrogen-bond donors (Lipinski definition) is 1. The van der Waals surface area contributed by atoms with Crippen molar-refractivity contribution in [3.05, 3.63) is 35.7 Å². The molecule has 1 aromatic heterocycles. The molecule has 3 heterocycles. The van der Waals surface area contributed by atoms with Crippen LogP contribution in [0, 0.1) is 6.92 Å². The van der Waals surface area contributed by atoms with Crippen molar-refractivity contribution in [2.45, 2.75) is 25.8 Å². The zero-order valence-electron chi connectivity index (χ0n) is 13.4. The van der Waals surface area contributed by atoms with E-state index in [2.05, 4.69) is 15.4 Å². The Morgan fingerprint density at radius 3 is 3.04 bits per heavy atom. The minimum Gasteiger partial charge on any atom is -0.454 e. The molecule has 0 spiro atoms. The van der Waals surface area contributed by atoms with Gasteiger partial charge in [0.15, 0.2) is 11.5 Å². The van der Waals surface area contributed by atoms with Gasteiger partial charge in [-0.2, -0.15) is 0 Å². The summed E-state index contributed by atoms with van der Waals surface area (Å²) in [5.41, 5.74) is 1.61. The Kier molecular flexibility index (Phi) is 3.86. The number of ether oxygens (including phenoxy) is 2. The number of nitrogens with one attached hydrogen (secondary N) is 1. The van der Waals surface area contributed by atoms with Crippen molar-refractivity contribution in [3.8, 4) is 11.5 Å². The number of rotatable bonds is 4. The fourth-order valence-corrected chi connectivity index (χ4v) is 3.25. The van der Waals surface area contributed by atoms with Crippen LogP contribution in [0.4, 0.5) is 5.69 Å². The molecule has 2 aromatic rings. The van der Waals surface area contributed by atoms with E-state index in [-0.39, 0.29) is 18.7 Å². The Bertz CT molecular complexity index is 758. The van der Waals surface area contributed by atoms with E-state index in [4.69, 9.17) is 14.0 Å². The number of nitrogens with zero attached hydrogens (tertiary/aromatic N) is 2. The first kappa shape index (κ1) is 15.0. The maximum absolute atomic E-state index is 12.4. The second kappa shape index (κ2) is 6.16. The molecule has 0 saturated carbocycles. The molecule has 0 bridgehead atoms. The highest BCUT2D eigenvalue weighted by atomic mass is 16.7. The van der Waals surface area contributed by atoms with Crippen molar-refractivity contribution in [2.24, 2.45) is 0 Å². The molecule has 1 N–H and O–H groups in total. The summed E-state index contributed by atoms with van der Waals surface area (Å²) in [6, 6.07) is 7.48. The summed E-state index contributed by atoms with van der Waals surface area (Å²) in [6.07, 6.45) is 2.04. The van der Waals surface area contributed by atoms with E-state index < -0.39 is 0 Å². The molecule has 4 rings (SSSR count). The van der Waals surface area contributed by atoms with Gasteiger partial charge in [-0.25, -0.2) is 0 Å². The number of carbonyl (C=O) groups excluding carboxylic acids is 1. The van der Waals surface area contributed by atoms with Crippen molar-refractivity contribution in [3.63, 3.8) is 0 Å². The quantitative estimate of drug-likeness (QED) is 0.929. The Labute approximate surface area is 139 Å². The topological polar surface area (TPSA) is 76.8 Å². The number of benzene rings is 1. The average molecular weight is 329 g/mol. The number of aryl methyl sites for hydroxylation is 1. The lowest BCUT2D eigenvalue weighted by atomic mass is 10.1. The molecule has 0 radical (unpaired) electrons.